The minimum atomic E-state index is -4.40. The predicted octanol–water partition coefficient (Wildman–Crippen LogP) is 2.55. The Labute approximate surface area is 224 Å². The number of ketones is 1. The molecule has 5 rings (SSSR count). The number of aliphatic hydroxyl groups excluding tert-OH is 1. The molecule has 201 valence electrons. The van der Waals surface area contributed by atoms with E-state index in [0.29, 0.717) is 30.1 Å². The normalized spacial score (nSPS) is 23.3. The number of nitrogens with zero attached hydrogens (tertiary/aromatic N) is 3. The number of hydrogen-bond donors (Lipinski definition) is 4. The minimum Gasteiger partial charge on any atom is -0.393 e. The number of hydrogen-bond acceptors (Lipinski definition) is 10. The van der Waals surface area contributed by atoms with E-state index in [0.717, 1.165) is 40.4 Å². The van der Waals surface area contributed by atoms with Crippen LogP contribution < -0.4 is 10.0 Å². The van der Waals surface area contributed by atoms with Crippen molar-refractivity contribution in [3.05, 3.63) is 75.1 Å². The van der Waals surface area contributed by atoms with Crippen LogP contribution in [0.25, 0.3) is 0 Å². The SMILES string of the molecule is Cc1ccc2c(n1)[C@H](c1cc(C(=O)c3cncnc3N[C@H]3C[C@H](O)[C@@H]([CH]NS(=O)(=O)O)C3)sc1C)OCC2. The number of carbonyl (C=O) groups excluding carboxylic acids is 1. The lowest BCUT2D eigenvalue weighted by molar-refractivity contribution is 0.0662. The maximum absolute atomic E-state index is 13.6. The molecule has 13 heteroatoms. The number of anilines is 1. The molecule has 1 aliphatic heterocycles. The highest BCUT2D eigenvalue weighted by atomic mass is 32.2. The lowest BCUT2D eigenvalue weighted by Gasteiger charge is -2.25. The van der Waals surface area contributed by atoms with Crippen molar-refractivity contribution in [1.29, 1.82) is 0 Å². The molecule has 0 bridgehead atoms. The van der Waals surface area contributed by atoms with Gasteiger partial charge in [-0.3, -0.25) is 14.3 Å². The van der Waals surface area contributed by atoms with Gasteiger partial charge in [0.2, 0.25) is 5.78 Å². The maximum Gasteiger partial charge on any atom is 0.333 e. The van der Waals surface area contributed by atoms with Crippen molar-refractivity contribution in [3.63, 3.8) is 0 Å². The number of aromatic nitrogens is 3. The van der Waals surface area contributed by atoms with E-state index in [2.05, 4.69) is 21.4 Å². The first-order valence-corrected chi connectivity index (χ1v) is 14.4. The van der Waals surface area contributed by atoms with Gasteiger partial charge in [-0.1, -0.05) is 6.07 Å². The quantitative estimate of drug-likeness (QED) is 0.239. The summed E-state index contributed by atoms with van der Waals surface area (Å²) in [6.07, 6.45) is 3.09. The van der Waals surface area contributed by atoms with Crippen molar-refractivity contribution in [2.75, 3.05) is 11.9 Å². The molecule has 1 saturated carbocycles. The van der Waals surface area contributed by atoms with Crippen molar-refractivity contribution in [2.24, 2.45) is 5.92 Å². The van der Waals surface area contributed by atoms with E-state index in [1.807, 2.05) is 30.7 Å². The van der Waals surface area contributed by atoms with Crippen LogP contribution in [0.5, 0.6) is 0 Å². The number of carbonyl (C=O) groups is 1. The largest absolute Gasteiger partial charge is 0.393 e. The van der Waals surface area contributed by atoms with Gasteiger partial charge < -0.3 is 15.2 Å². The number of ether oxygens (including phenoxy) is 1. The van der Waals surface area contributed by atoms with Gasteiger partial charge in [0, 0.05) is 40.8 Å². The topological polar surface area (TPSA) is 164 Å². The van der Waals surface area contributed by atoms with Crippen LogP contribution >= 0.6 is 11.3 Å². The first-order valence-electron chi connectivity index (χ1n) is 12.1. The molecule has 1 aliphatic carbocycles. The molecule has 0 spiro atoms. The third-order valence-corrected chi connectivity index (χ3v) is 8.32. The first kappa shape index (κ1) is 26.8. The van der Waals surface area contributed by atoms with Crippen LogP contribution in [0.4, 0.5) is 5.82 Å². The zero-order valence-electron chi connectivity index (χ0n) is 20.8. The van der Waals surface area contributed by atoms with Crippen LogP contribution in [0.3, 0.4) is 0 Å². The molecule has 0 unspecified atom stereocenters. The fourth-order valence-corrected chi connectivity index (χ4v) is 6.32. The van der Waals surface area contributed by atoms with Gasteiger partial charge in [-0.2, -0.15) is 13.1 Å². The molecule has 0 saturated heterocycles. The van der Waals surface area contributed by atoms with Crippen molar-refractivity contribution in [2.45, 2.75) is 51.4 Å². The summed E-state index contributed by atoms with van der Waals surface area (Å²) < 4.78 is 38.9. The van der Waals surface area contributed by atoms with E-state index in [1.54, 1.807) is 0 Å². The van der Waals surface area contributed by atoms with E-state index in [4.69, 9.17) is 14.3 Å². The van der Waals surface area contributed by atoms with E-state index in [-0.39, 0.29) is 23.5 Å². The number of aryl methyl sites for hydroxylation is 2. The molecular weight excluding hydrogens is 530 g/mol. The molecular formula is C25H28N5O6S2. The number of aliphatic hydroxyl groups is 1. The van der Waals surface area contributed by atoms with Gasteiger partial charge in [0.1, 0.15) is 18.2 Å². The van der Waals surface area contributed by atoms with Crippen LogP contribution in [0.2, 0.25) is 0 Å². The molecule has 4 heterocycles. The van der Waals surface area contributed by atoms with Crippen molar-refractivity contribution in [1.82, 2.24) is 19.7 Å². The highest BCUT2D eigenvalue weighted by molar-refractivity contribution is 7.83. The zero-order valence-corrected chi connectivity index (χ0v) is 22.4. The summed E-state index contributed by atoms with van der Waals surface area (Å²) in [6, 6.07) is 5.66. The molecule has 4 N–H and O–H groups in total. The smallest absolute Gasteiger partial charge is 0.333 e. The highest BCUT2D eigenvalue weighted by Crippen LogP contribution is 2.38. The first-order chi connectivity index (χ1) is 18.1. The van der Waals surface area contributed by atoms with Gasteiger partial charge in [-0.25, -0.2) is 9.97 Å². The van der Waals surface area contributed by atoms with Crippen LogP contribution in [0, 0.1) is 26.3 Å². The van der Waals surface area contributed by atoms with Crippen molar-refractivity contribution < 1.29 is 27.6 Å². The second-order valence-electron chi connectivity index (χ2n) is 9.54. The lowest BCUT2D eigenvalue weighted by atomic mass is 9.97. The molecule has 0 amide bonds. The Morgan fingerprint density at radius 2 is 2.08 bits per heavy atom. The monoisotopic (exact) mass is 558 g/mol. The number of thiophene rings is 1. The summed E-state index contributed by atoms with van der Waals surface area (Å²) in [5, 5.41) is 13.5. The Kier molecular flexibility index (Phi) is 7.58. The Balaban J connectivity index is 1.35. The molecule has 1 fully saturated rings. The summed E-state index contributed by atoms with van der Waals surface area (Å²) in [7, 11) is -4.40. The third-order valence-electron chi connectivity index (χ3n) is 6.82. The fourth-order valence-electron chi connectivity index (χ4n) is 4.97. The molecule has 11 nitrogen and oxygen atoms in total. The minimum absolute atomic E-state index is 0.240. The van der Waals surface area contributed by atoms with Crippen LogP contribution in [-0.4, -0.2) is 57.6 Å². The average Bonchev–Trinajstić information content (AvgIpc) is 3.43. The third kappa shape index (κ3) is 5.77. The zero-order chi connectivity index (χ0) is 27.0. The Hall–Kier alpha value is -2.81. The van der Waals surface area contributed by atoms with Crippen molar-refractivity contribution >= 4 is 33.2 Å². The molecule has 2 aliphatic rings. The molecule has 3 aromatic heterocycles. The maximum atomic E-state index is 13.6. The van der Waals surface area contributed by atoms with Gasteiger partial charge in [-0.15, -0.1) is 11.3 Å². The standard InChI is InChI=1S/C25H28N5O6S2/c1-13-3-4-15-5-6-36-24(22(15)29-13)18-9-21(37-14(18)2)23(32)19-11-26-12-27-25(19)30-17-7-16(20(31)8-17)10-28-38(33,34)35/h3-4,9-12,16-17,20,24,28,31H,5-8H2,1-2H3,(H,26,27,30)(H,33,34,35)/t16-,17-,20+,24+/m1/s1. The lowest BCUT2D eigenvalue weighted by Crippen LogP contribution is -2.27. The second kappa shape index (κ2) is 10.8. The van der Waals surface area contributed by atoms with E-state index < -0.39 is 22.3 Å². The fraction of sp³-hybridized carbons (Fsp3) is 0.400. The number of nitrogens with one attached hydrogen (secondary N) is 2. The van der Waals surface area contributed by atoms with Crippen molar-refractivity contribution in [3.8, 4) is 0 Å². The second-order valence-corrected chi connectivity index (χ2v) is 12.0. The van der Waals surface area contributed by atoms with E-state index in [9.17, 15) is 18.3 Å². The molecule has 0 aromatic carbocycles. The number of rotatable bonds is 8. The summed E-state index contributed by atoms with van der Waals surface area (Å²) in [5.41, 5.74) is 4.14. The molecule has 3 aromatic rings. The Morgan fingerprint density at radius 3 is 2.87 bits per heavy atom. The van der Waals surface area contributed by atoms with Crippen LogP contribution in [-0.2, 0) is 21.5 Å². The van der Waals surface area contributed by atoms with Crippen LogP contribution in [0.15, 0.2) is 30.7 Å². The molecule has 1 radical (unpaired) electrons. The molecule has 38 heavy (non-hydrogen) atoms. The summed E-state index contributed by atoms with van der Waals surface area (Å²) in [6.45, 7) is 5.64. The Bertz CT molecular complexity index is 1460. The number of fused-ring (bicyclic) bond motifs is 1. The van der Waals surface area contributed by atoms with Gasteiger partial charge in [-0.05, 0) is 50.8 Å². The van der Waals surface area contributed by atoms with E-state index >= 15 is 0 Å². The summed E-state index contributed by atoms with van der Waals surface area (Å²) >= 11 is 1.38. The van der Waals surface area contributed by atoms with Crippen LogP contribution in [0.1, 0.15) is 61.6 Å². The average molecular weight is 559 g/mol. The molecule has 4 atom stereocenters. The highest BCUT2D eigenvalue weighted by Gasteiger charge is 2.35. The van der Waals surface area contributed by atoms with E-state index in [1.165, 1.54) is 23.9 Å². The van der Waals surface area contributed by atoms with Gasteiger partial charge in [0.25, 0.3) is 0 Å². The number of pyridine rings is 1. The van der Waals surface area contributed by atoms with Gasteiger partial charge in [0.05, 0.1) is 28.8 Å². The predicted molar refractivity (Wildman–Crippen MR) is 140 cm³/mol. The summed E-state index contributed by atoms with van der Waals surface area (Å²) in [5.74, 6) is -0.432. The summed E-state index contributed by atoms with van der Waals surface area (Å²) in [4.78, 5) is 28.1. The van der Waals surface area contributed by atoms with Gasteiger partial charge in [0.15, 0.2) is 0 Å². The van der Waals surface area contributed by atoms with Gasteiger partial charge >= 0.3 is 10.3 Å². The Morgan fingerprint density at radius 1 is 1.26 bits per heavy atom.